The molecular formula is C23H36O5. The number of ether oxygens (including phenoxy) is 1. The lowest BCUT2D eigenvalue weighted by molar-refractivity contribution is -0.328. The molecule has 3 aliphatic carbocycles. The molecule has 0 aromatic heterocycles. The first-order valence-corrected chi connectivity index (χ1v) is 10.7. The van der Waals surface area contributed by atoms with Crippen LogP contribution in [0.25, 0.3) is 0 Å². The average molecular weight is 393 g/mol. The van der Waals surface area contributed by atoms with Crippen LogP contribution >= 0.6 is 0 Å². The molecule has 2 saturated carbocycles. The number of rotatable bonds is 0. The Labute approximate surface area is 168 Å². The minimum atomic E-state index is -1.23. The van der Waals surface area contributed by atoms with E-state index in [1.54, 1.807) is 0 Å². The molecule has 1 saturated heterocycles. The van der Waals surface area contributed by atoms with E-state index in [2.05, 4.69) is 6.92 Å². The van der Waals surface area contributed by atoms with Crippen molar-refractivity contribution in [1.82, 2.24) is 0 Å². The highest BCUT2D eigenvalue weighted by molar-refractivity contribution is 5.90. The Hall–Kier alpha value is -0.750. The van der Waals surface area contributed by atoms with Gasteiger partial charge in [0, 0.05) is 29.1 Å². The fraction of sp³-hybridized carbons (Fsp3) is 0.870. The molecule has 0 spiro atoms. The third-order valence-electron chi connectivity index (χ3n) is 9.64. The number of Topliss-reactive ketones (excluding diaryl/α,β-unsaturated/α-hetero) is 1. The monoisotopic (exact) mass is 392 g/mol. The summed E-state index contributed by atoms with van der Waals surface area (Å²) in [5.74, 6) is -1.05. The van der Waals surface area contributed by atoms with E-state index in [-0.39, 0.29) is 36.8 Å². The Morgan fingerprint density at radius 2 is 1.71 bits per heavy atom. The van der Waals surface area contributed by atoms with Gasteiger partial charge in [-0.15, -0.1) is 0 Å². The number of aliphatic hydroxyl groups excluding tert-OH is 1. The van der Waals surface area contributed by atoms with E-state index in [0.717, 1.165) is 11.1 Å². The van der Waals surface area contributed by atoms with Crippen molar-refractivity contribution >= 4 is 5.78 Å². The lowest BCUT2D eigenvalue weighted by Gasteiger charge is -2.68. The quantitative estimate of drug-likeness (QED) is 0.551. The molecule has 4 aliphatic rings. The normalized spacial score (nSPS) is 55.6. The van der Waals surface area contributed by atoms with Crippen molar-refractivity contribution in [3.05, 3.63) is 11.1 Å². The van der Waals surface area contributed by atoms with Crippen molar-refractivity contribution in [2.45, 2.75) is 84.7 Å². The predicted molar refractivity (Wildman–Crippen MR) is 105 cm³/mol. The molecule has 0 aromatic carbocycles. The van der Waals surface area contributed by atoms with E-state index in [9.17, 15) is 20.1 Å². The van der Waals surface area contributed by atoms with Crippen LogP contribution in [-0.4, -0.2) is 51.1 Å². The summed E-state index contributed by atoms with van der Waals surface area (Å²) in [7, 11) is 0. The molecule has 3 fully saturated rings. The van der Waals surface area contributed by atoms with Gasteiger partial charge in [-0.25, -0.2) is 0 Å². The van der Waals surface area contributed by atoms with Crippen molar-refractivity contribution in [2.75, 3.05) is 6.61 Å². The summed E-state index contributed by atoms with van der Waals surface area (Å²) >= 11 is 0. The zero-order valence-corrected chi connectivity index (χ0v) is 18.2. The van der Waals surface area contributed by atoms with Crippen LogP contribution in [-0.2, 0) is 9.53 Å². The van der Waals surface area contributed by atoms with Gasteiger partial charge in [-0.3, -0.25) is 4.79 Å². The third-order valence-corrected chi connectivity index (χ3v) is 9.64. The zero-order valence-electron chi connectivity index (χ0n) is 18.2. The van der Waals surface area contributed by atoms with E-state index >= 15 is 0 Å². The smallest absolute Gasteiger partial charge is 0.146 e. The lowest BCUT2D eigenvalue weighted by Crippen LogP contribution is -2.77. The topological polar surface area (TPSA) is 87.0 Å². The summed E-state index contributed by atoms with van der Waals surface area (Å²) in [6, 6.07) is 0. The van der Waals surface area contributed by atoms with Gasteiger partial charge < -0.3 is 20.1 Å². The molecule has 5 nitrogen and oxygen atoms in total. The maximum Gasteiger partial charge on any atom is 0.146 e. The summed E-state index contributed by atoms with van der Waals surface area (Å²) < 4.78 is 5.71. The molecule has 158 valence electrons. The van der Waals surface area contributed by atoms with E-state index in [4.69, 9.17) is 4.74 Å². The Kier molecular flexibility index (Phi) is 4.17. The maximum absolute atomic E-state index is 14.0. The maximum atomic E-state index is 14.0. The van der Waals surface area contributed by atoms with Crippen LogP contribution < -0.4 is 0 Å². The van der Waals surface area contributed by atoms with Gasteiger partial charge in [0.1, 0.15) is 11.4 Å². The van der Waals surface area contributed by atoms with Crippen LogP contribution in [0.2, 0.25) is 0 Å². The molecule has 4 rings (SSSR count). The Balaban J connectivity index is 2.01. The van der Waals surface area contributed by atoms with Gasteiger partial charge in [0.05, 0.1) is 24.4 Å². The summed E-state index contributed by atoms with van der Waals surface area (Å²) in [6.07, 6.45) is -0.196. The van der Waals surface area contributed by atoms with Crippen LogP contribution in [0.1, 0.15) is 61.3 Å². The molecule has 9 atom stereocenters. The van der Waals surface area contributed by atoms with Crippen LogP contribution in [0.3, 0.4) is 0 Å². The Bertz CT molecular complexity index is 756. The Morgan fingerprint density at radius 3 is 2.25 bits per heavy atom. The summed E-state index contributed by atoms with van der Waals surface area (Å²) in [4.78, 5) is 14.0. The van der Waals surface area contributed by atoms with Gasteiger partial charge >= 0.3 is 0 Å². The van der Waals surface area contributed by atoms with Crippen LogP contribution in [0.4, 0.5) is 0 Å². The molecule has 28 heavy (non-hydrogen) atoms. The highest BCUT2D eigenvalue weighted by Gasteiger charge is 2.72. The summed E-state index contributed by atoms with van der Waals surface area (Å²) in [5, 5.41) is 34.6. The first-order valence-electron chi connectivity index (χ1n) is 10.7. The number of hydrogen-bond acceptors (Lipinski definition) is 5. The van der Waals surface area contributed by atoms with Gasteiger partial charge in [-0.2, -0.15) is 0 Å². The van der Waals surface area contributed by atoms with Crippen LogP contribution in [0.5, 0.6) is 0 Å². The summed E-state index contributed by atoms with van der Waals surface area (Å²) in [5.41, 5.74) is -2.08. The molecule has 1 aliphatic heterocycles. The molecule has 5 heteroatoms. The van der Waals surface area contributed by atoms with Crippen molar-refractivity contribution in [3.8, 4) is 0 Å². The molecule has 0 radical (unpaired) electrons. The third kappa shape index (κ3) is 2.04. The highest BCUT2D eigenvalue weighted by Crippen LogP contribution is 2.66. The fourth-order valence-corrected chi connectivity index (χ4v) is 7.79. The largest absolute Gasteiger partial charge is 0.389 e. The van der Waals surface area contributed by atoms with E-state index in [0.29, 0.717) is 6.42 Å². The number of ketones is 1. The number of hydrogen-bond donors (Lipinski definition) is 3. The van der Waals surface area contributed by atoms with Crippen molar-refractivity contribution in [1.29, 1.82) is 0 Å². The first-order chi connectivity index (χ1) is 12.7. The van der Waals surface area contributed by atoms with Gasteiger partial charge in [0.15, 0.2) is 0 Å². The second-order valence-corrected chi connectivity index (χ2v) is 10.9. The molecule has 9 unspecified atom stereocenters. The standard InChI is InChI=1S/C23H36O5/c1-11-8-16-22(26,10-28-16)18-14(4)23(27)9-15(24)12(2)17(20(23,5)6)13(3)19(25)21(11,18)7/h11,13-16,18,24,26-27H,8-10H2,1-7H3. The van der Waals surface area contributed by atoms with Crippen molar-refractivity contribution in [3.63, 3.8) is 0 Å². The minimum absolute atomic E-state index is 0.0387. The van der Waals surface area contributed by atoms with Crippen molar-refractivity contribution in [2.24, 2.45) is 34.5 Å². The van der Waals surface area contributed by atoms with Crippen LogP contribution in [0.15, 0.2) is 11.1 Å². The first kappa shape index (κ1) is 20.5. The molecule has 3 N–H and O–H groups in total. The summed E-state index contributed by atoms with van der Waals surface area (Å²) in [6.45, 7) is 14.0. The average Bonchev–Trinajstić information content (AvgIpc) is 2.60. The number of fused-ring (bicyclic) bond motifs is 5. The predicted octanol–water partition coefficient (Wildman–Crippen LogP) is 2.47. The fourth-order valence-electron chi connectivity index (χ4n) is 7.79. The molecule has 1 heterocycles. The molecule has 0 amide bonds. The van der Waals surface area contributed by atoms with Crippen molar-refractivity contribution < 1.29 is 24.9 Å². The minimum Gasteiger partial charge on any atom is -0.389 e. The number of aliphatic hydroxyl groups is 3. The van der Waals surface area contributed by atoms with Gasteiger partial charge in [0.2, 0.25) is 0 Å². The number of carbonyl (C=O) groups is 1. The molecule has 0 aromatic rings. The second kappa shape index (κ2) is 5.69. The van der Waals surface area contributed by atoms with E-state index in [1.807, 2.05) is 41.5 Å². The van der Waals surface area contributed by atoms with Crippen LogP contribution in [0, 0.1) is 34.5 Å². The SMILES string of the molecule is CC1=C2C(C)C(=O)C3(C)C(C)CC4OCC4(O)C3C(C)C(O)(CC1O)C2(C)C. The van der Waals surface area contributed by atoms with Gasteiger partial charge in [-0.05, 0) is 36.3 Å². The van der Waals surface area contributed by atoms with Gasteiger partial charge in [0.25, 0.3) is 0 Å². The van der Waals surface area contributed by atoms with E-state index in [1.165, 1.54) is 0 Å². The zero-order chi connectivity index (χ0) is 21.0. The Morgan fingerprint density at radius 1 is 1.11 bits per heavy atom. The number of carbonyl (C=O) groups excluding carboxylic acids is 1. The van der Waals surface area contributed by atoms with Gasteiger partial charge in [-0.1, -0.05) is 41.5 Å². The highest BCUT2D eigenvalue weighted by atomic mass is 16.6. The molecule has 2 bridgehead atoms. The lowest BCUT2D eigenvalue weighted by atomic mass is 9.41. The van der Waals surface area contributed by atoms with E-state index < -0.39 is 40.0 Å². The second-order valence-electron chi connectivity index (χ2n) is 10.9. The molecular weight excluding hydrogens is 356 g/mol.